The van der Waals surface area contributed by atoms with Crippen molar-refractivity contribution in [1.29, 1.82) is 0 Å². The second kappa shape index (κ2) is 6.05. The quantitative estimate of drug-likeness (QED) is 0.896. The molecule has 1 aliphatic rings. The number of anilines is 1. The van der Waals surface area contributed by atoms with Crippen LogP contribution in [0.1, 0.15) is 0 Å². The number of fused-ring (bicyclic) bond motifs is 1. The van der Waals surface area contributed by atoms with Crippen molar-refractivity contribution in [2.24, 2.45) is 5.14 Å². The summed E-state index contributed by atoms with van der Waals surface area (Å²) in [7, 11) is -1.88. The van der Waals surface area contributed by atoms with Crippen molar-refractivity contribution in [1.82, 2.24) is 4.98 Å². The Hall–Kier alpha value is -2.32. The van der Waals surface area contributed by atoms with Gasteiger partial charge in [0.2, 0.25) is 10.0 Å². The smallest absolute Gasteiger partial charge is 0.239 e. The Bertz CT molecular complexity index is 793. The molecule has 0 saturated heterocycles. The topological polar surface area (TPSA) is 94.7 Å². The summed E-state index contributed by atoms with van der Waals surface area (Å²) in [6.45, 7) is 0.993. The highest BCUT2D eigenvalue weighted by Crippen LogP contribution is 2.31. The summed E-state index contributed by atoms with van der Waals surface area (Å²) < 4.78 is 34.0. The maximum Gasteiger partial charge on any atom is 0.239 e. The van der Waals surface area contributed by atoms with Crippen LogP contribution in [0, 0.1) is 0 Å². The molecule has 0 fully saturated rings. The number of ether oxygens (including phenoxy) is 2. The summed E-state index contributed by atoms with van der Waals surface area (Å²) in [4.78, 5) is 5.98. The van der Waals surface area contributed by atoms with Gasteiger partial charge < -0.3 is 14.4 Å². The highest BCUT2D eigenvalue weighted by Gasteiger charge is 2.22. The number of nitrogens with zero attached hydrogens (tertiary/aromatic N) is 2. The average molecular weight is 335 g/mol. The van der Waals surface area contributed by atoms with Crippen LogP contribution in [0.3, 0.4) is 0 Å². The zero-order valence-electron chi connectivity index (χ0n) is 12.5. The van der Waals surface area contributed by atoms with Gasteiger partial charge >= 0.3 is 0 Å². The maximum atomic E-state index is 11.2. The number of pyridine rings is 1. The number of para-hydroxylation sites is 2. The van der Waals surface area contributed by atoms with Crippen LogP contribution in [0.25, 0.3) is 0 Å². The van der Waals surface area contributed by atoms with Gasteiger partial charge in [0.05, 0.1) is 6.54 Å². The van der Waals surface area contributed by atoms with Gasteiger partial charge in [-0.1, -0.05) is 12.1 Å². The molecule has 7 nitrogen and oxygen atoms in total. The molecule has 0 saturated carbocycles. The molecule has 1 atom stereocenters. The number of rotatable bonds is 4. The van der Waals surface area contributed by atoms with Crippen LogP contribution < -0.4 is 19.5 Å². The van der Waals surface area contributed by atoms with E-state index in [9.17, 15) is 8.42 Å². The van der Waals surface area contributed by atoms with E-state index >= 15 is 0 Å². The Morgan fingerprint density at radius 3 is 2.65 bits per heavy atom. The van der Waals surface area contributed by atoms with Crippen molar-refractivity contribution in [3.05, 3.63) is 42.6 Å². The molecule has 0 spiro atoms. The molecule has 122 valence electrons. The molecular formula is C15H17N3O4S. The molecule has 1 aromatic heterocycles. The summed E-state index contributed by atoms with van der Waals surface area (Å²) in [5.41, 5.74) is 0. The number of benzene rings is 1. The summed E-state index contributed by atoms with van der Waals surface area (Å²) in [6.07, 6.45) is 1.10. The Morgan fingerprint density at radius 2 is 2.00 bits per heavy atom. The maximum absolute atomic E-state index is 11.2. The Kier molecular flexibility index (Phi) is 4.10. The fourth-order valence-corrected chi connectivity index (χ4v) is 2.78. The molecule has 1 aromatic carbocycles. The van der Waals surface area contributed by atoms with E-state index in [1.54, 1.807) is 6.07 Å². The van der Waals surface area contributed by atoms with E-state index in [0.717, 1.165) is 11.5 Å². The van der Waals surface area contributed by atoms with Gasteiger partial charge in [-0.2, -0.15) is 0 Å². The van der Waals surface area contributed by atoms with Gasteiger partial charge in [0.1, 0.15) is 17.3 Å². The third-order valence-corrected chi connectivity index (χ3v) is 4.38. The van der Waals surface area contributed by atoms with Crippen LogP contribution in [0.4, 0.5) is 5.82 Å². The van der Waals surface area contributed by atoms with E-state index in [2.05, 4.69) is 4.98 Å². The zero-order valence-corrected chi connectivity index (χ0v) is 13.4. The van der Waals surface area contributed by atoms with Crippen molar-refractivity contribution in [3.63, 3.8) is 0 Å². The minimum absolute atomic E-state index is 0.0131. The number of hydrogen-bond acceptors (Lipinski definition) is 6. The van der Waals surface area contributed by atoms with Gasteiger partial charge in [-0.05, 0) is 24.3 Å². The lowest BCUT2D eigenvalue weighted by Crippen LogP contribution is -2.39. The number of sulfonamides is 1. The fraction of sp³-hybridized carbons (Fsp3) is 0.267. The standard InChI is InChI=1S/C15H17N3O4S/c1-18(15-7-6-12(8-17-15)23(16,19)20)9-11-10-21-13-4-2-3-5-14(13)22-11/h2-8,11H,9-10H2,1H3,(H2,16,19,20). The third kappa shape index (κ3) is 3.54. The SMILES string of the molecule is CN(CC1COc2ccccc2O1)c1ccc(S(N)(=O)=O)cn1. The van der Waals surface area contributed by atoms with Crippen LogP contribution in [-0.2, 0) is 10.0 Å². The molecule has 0 aliphatic carbocycles. The van der Waals surface area contributed by atoms with Crippen molar-refractivity contribution in [2.75, 3.05) is 25.1 Å². The lowest BCUT2D eigenvalue weighted by atomic mass is 10.2. The molecular weight excluding hydrogens is 318 g/mol. The minimum atomic E-state index is -3.73. The van der Waals surface area contributed by atoms with Crippen LogP contribution in [0.15, 0.2) is 47.5 Å². The van der Waals surface area contributed by atoms with E-state index in [1.165, 1.54) is 12.3 Å². The van der Waals surface area contributed by atoms with Crippen LogP contribution in [-0.4, -0.2) is 39.7 Å². The number of primary sulfonamides is 1. The summed E-state index contributed by atoms with van der Waals surface area (Å²) >= 11 is 0. The van der Waals surface area contributed by atoms with Gasteiger partial charge in [-0.15, -0.1) is 0 Å². The Morgan fingerprint density at radius 1 is 1.26 bits per heavy atom. The number of nitrogens with two attached hydrogens (primary N) is 1. The predicted molar refractivity (Wildman–Crippen MR) is 85.2 cm³/mol. The predicted octanol–water partition coefficient (Wildman–Crippen LogP) is 1.01. The van der Waals surface area contributed by atoms with Crippen molar-refractivity contribution in [2.45, 2.75) is 11.0 Å². The zero-order chi connectivity index (χ0) is 16.4. The first-order valence-corrected chi connectivity index (χ1v) is 8.56. The Balaban J connectivity index is 1.67. The third-order valence-electron chi connectivity index (χ3n) is 3.49. The number of aromatic nitrogens is 1. The molecule has 0 amide bonds. The molecule has 2 N–H and O–H groups in total. The molecule has 23 heavy (non-hydrogen) atoms. The highest BCUT2D eigenvalue weighted by atomic mass is 32.2. The van der Waals surface area contributed by atoms with Gasteiger partial charge in [0.15, 0.2) is 17.6 Å². The first-order chi connectivity index (χ1) is 10.9. The average Bonchev–Trinajstić information content (AvgIpc) is 2.54. The Labute approximate surface area is 134 Å². The van der Waals surface area contributed by atoms with Crippen molar-refractivity contribution >= 4 is 15.8 Å². The normalized spacial score (nSPS) is 16.9. The fourth-order valence-electron chi connectivity index (χ4n) is 2.32. The van der Waals surface area contributed by atoms with Gasteiger partial charge in [0, 0.05) is 13.2 Å². The second-order valence-corrected chi connectivity index (χ2v) is 6.84. The molecule has 8 heteroatoms. The van der Waals surface area contributed by atoms with E-state index in [1.807, 2.05) is 36.2 Å². The van der Waals surface area contributed by atoms with Crippen LogP contribution >= 0.6 is 0 Å². The molecule has 1 aliphatic heterocycles. The second-order valence-electron chi connectivity index (χ2n) is 5.28. The molecule has 1 unspecified atom stereocenters. The van der Waals surface area contributed by atoms with Gasteiger partial charge in [-0.3, -0.25) is 0 Å². The van der Waals surface area contributed by atoms with E-state index < -0.39 is 10.0 Å². The molecule has 0 radical (unpaired) electrons. The molecule has 3 rings (SSSR count). The summed E-state index contributed by atoms with van der Waals surface area (Å²) in [6, 6.07) is 10.6. The van der Waals surface area contributed by atoms with E-state index in [0.29, 0.717) is 19.0 Å². The number of likely N-dealkylation sites (N-methyl/N-ethyl adjacent to an activating group) is 1. The lowest BCUT2D eigenvalue weighted by Gasteiger charge is -2.30. The van der Waals surface area contributed by atoms with Crippen molar-refractivity contribution < 1.29 is 17.9 Å². The van der Waals surface area contributed by atoms with Gasteiger partial charge in [0.25, 0.3) is 0 Å². The first kappa shape index (κ1) is 15.6. The van der Waals surface area contributed by atoms with Crippen LogP contribution in [0.2, 0.25) is 0 Å². The highest BCUT2D eigenvalue weighted by molar-refractivity contribution is 7.89. The van der Waals surface area contributed by atoms with E-state index in [-0.39, 0.29) is 11.0 Å². The number of hydrogen-bond donors (Lipinski definition) is 1. The van der Waals surface area contributed by atoms with Gasteiger partial charge in [-0.25, -0.2) is 18.5 Å². The minimum Gasteiger partial charge on any atom is -0.486 e. The largest absolute Gasteiger partial charge is 0.486 e. The van der Waals surface area contributed by atoms with Crippen molar-refractivity contribution in [3.8, 4) is 11.5 Å². The summed E-state index contributed by atoms with van der Waals surface area (Å²) in [5.74, 6) is 2.08. The molecule has 2 aromatic rings. The molecule has 2 heterocycles. The van der Waals surface area contributed by atoms with E-state index in [4.69, 9.17) is 14.6 Å². The molecule has 0 bridgehead atoms. The first-order valence-electron chi connectivity index (χ1n) is 7.02. The monoisotopic (exact) mass is 335 g/mol. The van der Waals surface area contributed by atoms with Crippen LogP contribution in [0.5, 0.6) is 11.5 Å². The summed E-state index contributed by atoms with van der Waals surface area (Å²) in [5, 5.41) is 5.06. The lowest BCUT2D eigenvalue weighted by molar-refractivity contribution is 0.0959.